The molecule has 0 spiro atoms. The number of nitrogens with zero attached hydrogens (tertiary/aromatic N) is 3. The standard InChI is InChI=1S/C20H26N4O/c1-5-23-15(3)12-17-13-18(8-9-19(17)23)21-20(25)7-6-10-24-16(4)11-14(2)22-24/h8-9,11-13H,5-7,10H2,1-4H3,(H,21,25). The van der Waals surface area contributed by atoms with Crippen molar-refractivity contribution in [3.63, 3.8) is 0 Å². The minimum absolute atomic E-state index is 0.0486. The summed E-state index contributed by atoms with van der Waals surface area (Å²) in [6, 6.07) is 10.3. The summed E-state index contributed by atoms with van der Waals surface area (Å²) in [5.74, 6) is 0.0486. The Balaban J connectivity index is 1.59. The second kappa shape index (κ2) is 7.13. The van der Waals surface area contributed by atoms with E-state index in [0.717, 1.165) is 36.6 Å². The van der Waals surface area contributed by atoms with Crippen LogP contribution in [0.15, 0.2) is 30.3 Å². The first-order valence-electron chi connectivity index (χ1n) is 8.88. The number of aromatic nitrogens is 3. The number of hydrogen-bond donors (Lipinski definition) is 1. The zero-order valence-corrected chi connectivity index (χ0v) is 15.5. The Morgan fingerprint density at radius 3 is 2.60 bits per heavy atom. The number of benzene rings is 1. The van der Waals surface area contributed by atoms with Gasteiger partial charge in [-0.2, -0.15) is 5.10 Å². The fraction of sp³-hybridized carbons (Fsp3) is 0.400. The lowest BCUT2D eigenvalue weighted by Gasteiger charge is -2.08. The van der Waals surface area contributed by atoms with Crippen molar-refractivity contribution in [2.45, 2.75) is 53.6 Å². The van der Waals surface area contributed by atoms with Crippen molar-refractivity contribution in [1.29, 1.82) is 0 Å². The number of carbonyl (C=O) groups excluding carboxylic acids is 1. The van der Waals surface area contributed by atoms with Crippen molar-refractivity contribution in [2.75, 3.05) is 5.32 Å². The Labute approximate surface area is 148 Å². The van der Waals surface area contributed by atoms with Gasteiger partial charge >= 0.3 is 0 Å². The molecule has 0 saturated heterocycles. The molecule has 0 saturated carbocycles. The van der Waals surface area contributed by atoms with E-state index in [2.05, 4.69) is 47.0 Å². The number of rotatable bonds is 6. The van der Waals surface area contributed by atoms with Gasteiger partial charge in [0.1, 0.15) is 0 Å². The monoisotopic (exact) mass is 338 g/mol. The molecular formula is C20H26N4O. The average molecular weight is 338 g/mol. The van der Waals surface area contributed by atoms with Gasteiger partial charge < -0.3 is 9.88 Å². The van der Waals surface area contributed by atoms with Crippen molar-refractivity contribution >= 4 is 22.5 Å². The fourth-order valence-corrected chi connectivity index (χ4v) is 3.42. The van der Waals surface area contributed by atoms with Crippen LogP contribution >= 0.6 is 0 Å². The fourth-order valence-electron chi connectivity index (χ4n) is 3.42. The summed E-state index contributed by atoms with van der Waals surface area (Å²) in [6.45, 7) is 10.0. The zero-order valence-electron chi connectivity index (χ0n) is 15.5. The second-order valence-electron chi connectivity index (χ2n) is 6.61. The van der Waals surface area contributed by atoms with Crippen LogP contribution in [0.25, 0.3) is 10.9 Å². The number of nitrogens with one attached hydrogen (secondary N) is 1. The quantitative estimate of drug-likeness (QED) is 0.732. The van der Waals surface area contributed by atoms with Crippen molar-refractivity contribution in [2.24, 2.45) is 0 Å². The van der Waals surface area contributed by atoms with Crippen molar-refractivity contribution in [3.05, 3.63) is 47.4 Å². The Morgan fingerprint density at radius 2 is 1.92 bits per heavy atom. The lowest BCUT2D eigenvalue weighted by Crippen LogP contribution is -2.13. The molecule has 0 aliphatic heterocycles. The maximum absolute atomic E-state index is 12.2. The summed E-state index contributed by atoms with van der Waals surface area (Å²) in [7, 11) is 0. The predicted molar refractivity (Wildman–Crippen MR) is 102 cm³/mol. The molecule has 25 heavy (non-hydrogen) atoms. The lowest BCUT2D eigenvalue weighted by atomic mass is 10.2. The predicted octanol–water partition coefficient (Wildman–Crippen LogP) is 4.20. The van der Waals surface area contributed by atoms with Crippen LogP contribution in [-0.4, -0.2) is 20.3 Å². The van der Waals surface area contributed by atoms with Gasteiger partial charge in [0.25, 0.3) is 0 Å². The van der Waals surface area contributed by atoms with E-state index in [1.807, 2.05) is 30.7 Å². The van der Waals surface area contributed by atoms with E-state index in [4.69, 9.17) is 0 Å². The first kappa shape index (κ1) is 17.3. The van der Waals surface area contributed by atoms with Gasteiger partial charge in [0.2, 0.25) is 5.91 Å². The van der Waals surface area contributed by atoms with E-state index < -0.39 is 0 Å². The van der Waals surface area contributed by atoms with Crippen molar-refractivity contribution < 1.29 is 4.79 Å². The maximum atomic E-state index is 12.2. The number of fused-ring (bicyclic) bond motifs is 1. The minimum atomic E-state index is 0.0486. The summed E-state index contributed by atoms with van der Waals surface area (Å²) < 4.78 is 4.24. The molecule has 0 unspecified atom stereocenters. The van der Waals surface area contributed by atoms with Crippen LogP contribution in [0.2, 0.25) is 0 Å². The first-order valence-corrected chi connectivity index (χ1v) is 8.88. The van der Waals surface area contributed by atoms with Crippen LogP contribution in [0.4, 0.5) is 5.69 Å². The first-order chi connectivity index (χ1) is 12.0. The molecule has 132 valence electrons. The van der Waals surface area contributed by atoms with Gasteiger partial charge in [-0.1, -0.05) is 0 Å². The molecule has 3 aromatic rings. The topological polar surface area (TPSA) is 51.9 Å². The van der Waals surface area contributed by atoms with Crippen molar-refractivity contribution in [3.8, 4) is 0 Å². The Bertz CT molecular complexity index is 904. The molecule has 2 aromatic heterocycles. The average Bonchev–Trinajstić information content (AvgIpc) is 3.04. The van der Waals surface area contributed by atoms with E-state index in [0.29, 0.717) is 6.42 Å². The van der Waals surface area contributed by atoms with Crippen LogP contribution in [0, 0.1) is 20.8 Å². The summed E-state index contributed by atoms with van der Waals surface area (Å²) in [6.07, 6.45) is 1.27. The second-order valence-corrected chi connectivity index (χ2v) is 6.61. The lowest BCUT2D eigenvalue weighted by molar-refractivity contribution is -0.116. The van der Waals surface area contributed by atoms with Gasteiger partial charge in [0, 0.05) is 47.5 Å². The Hall–Kier alpha value is -2.56. The van der Waals surface area contributed by atoms with Crippen molar-refractivity contribution in [1.82, 2.24) is 14.3 Å². The summed E-state index contributed by atoms with van der Waals surface area (Å²) in [5.41, 5.74) is 5.47. The van der Waals surface area contributed by atoms with Gasteiger partial charge in [-0.25, -0.2) is 0 Å². The molecule has 5 nitrogen and oxygen atoms in total. The molecule has 0 atom stereocenters. The van der Waals surface area contributed by atoms with Crippen LogP contribution in [0.1, 0.15) is 36.8 Å². The van der Waals surface area contributed by atoms with E-state index in [1.54, 1.807) is 0 Å². The molecule has 2 heterocycles. The van der Waals surface area contributed by atoms with E-state index in [1.165, 1.54) is 16.6 Å². The molecule has 1 N–H and O–H groups in total. The van der Waals surface area contributed by atoms with E-state index >= 15 is 0 Å². The van der Waals surface area contributed by atoms with Crippen LogP contribution in [0.5, 0.6) is 0 Å². The zero-order chi connectivity index (χ0) is 18.0. The highest BCUT2D eigenvalue weighted by Gasteiger charge is 2.08. The normalized spacial score (nSPS) is 11.2. The molecule has 0 radical (unpaired) electrons. The van der Waals surface area contributed by atoms with Crippen LogP contribution in [-0.2, 0) is 17.9 Å². The van der Waals surface area contributed by atoms with Gasteiger partial charge in [-0.05, 0) is 64.4 Å². The van der Waals surface area contributed by atoms with Crippen LogP contribution < -0.4 is 5.32 Å². The molecular weight excluding hydrogens is 312 g/mol. The third-order valence-corrected chi connectivity index (χ3v) is 4.59. The third kappa shape index (κ3) is 3.76. The highest BCUT2D eigenvalue weighted by molar-refractivity contribution is 5.94. The van der Waals surface area contributed by atoms with E-state index in [-0.39, 0.29) is 5.91 Å². The van der Waals surface area contributed by atoms with Gasteiger partial charge in [0.15, 0.2) is 0 Å². The molecule has 0 aliphatic rings. The largest absolute Gasteiger partial charge is 0.345 e. The SMILES string of the molecule is CCn1c(C)cc2cc(NC(=O)CCCn3nc(C)cc3C)ccc21. The molecule has 3 rings (SSSR count). The van der Waals surface area contributed by atoms with Crippen LogP contribution in [0.3, 0.4) is 0 Å². The highest BCUT2D eigenvalue weighted by atomic mass is 16.1. The van der Waals surface area contributed by atoms with E-state index in [9.17, 15) is 4.79 Å². The Kier molecular flexibility index (Phi) is 4.93. The number of carbonyl (C=O) groups is 1. The molecule has 0 aliphatic carbocycles. The molecule has 5 heteroatoms. The van der Waals surface area contributed by atoms with Gasteiger partial charge in [0.05, 0.1) is 5.69 Å². The summed E-state index contributed by atoms with van der Waals surface area (Å²) >= 11 is 0. The highest BCUT2D eigenvalue weighted by Crippen LogP contribution is 2.23. The molecule has 1 amide bonds. The molecule has 0 fully saturated rings. The third-order valence-electron chi connectivity index (χ3n) is 4.59. The van der Waals surface area contributed by atoms with Gasteiger partial charge in [-0.3, -0.25) is 9.48 Å². The summed E-state index contributed by atoms with van der Waals surface area (Å²) in [4.78, 5) is 12.2. The minimum Gasteiger partial charge on any atom is -0.345 e. The molecule has 0 bridgehead atoms. The number of anilines is 1. The number of hydrogen-bond acceptors (Lipinski definition) is 2. The number of aryl methyl sites for hydroxylation is 5. The summed E-state index contributed by atoms with van der Waals surface area (Å²) in [5, 5.41) is 8.60. The van der Waals surface area contributed by atoms with Gasteiger partial charge in [-0.15, -0.1) is 0 Å². The maximum Gasteiger partial charge on any atom is 0.224 e. The number of amides is 1. The molecule has 1 aromatic carbocycles. The smallest absolute Gasteiger partial charge is 0.224 e. The Morgan fingerprint density at radius 1 is 1.12 bits per heavy atom.